The summed E-state index contributed by atoms with van der Waals surface area (Å²) in [6.07, 6.45) is 5.59. The van der Waals surface area contributed by atoms with Crippen LogP contribution in [-0.4, -0.2) is 13.1 Å². The van der Waals surface area contributed by atoms with Gasteiger partial charge in [0.05, 0.1) is 5.70 Å². The number of rotatable bonds is 4. The molecule has 0 aromatic carbocycles. The van der Waals surface area contributed by atoms with Crippen LogP contribution in [0.25, 0.3) is 0 Å². The van der Waals surface area contributed by atoms with Gasteiger partial charge >= 0.3 is 0 Å². The van der Waals surface area contributed by atoms with E-state index in [9.17, 15) is 4.79 Å². The predicted octanol–water partition coefficient (Wildman–Crippen LogP) is 0.850. The summed E-state index contributed by atoms with van der Waals surface area (Å²) in [6, 6.07) is 0. The van der Waals surface area contributed by atoms with Crippen LogP contribution in [0.1, 0.15) is 6.92 Å². The highest BCUT2D eigenvalue weighted by Gasteiger charge is 1.83. The lowest BCUT2D eigenvalue weighted by Gasteiger charge is -1.93. The van der Waals surface area contributed by atoms with Crippen molar-refractivity contribution in [3.8, 4) is 0 Å². The van der Waals surface area contributed by atoms with E-state index in [1.54, 1.807) is 12.2 Å². The van der Waals surface area contributed by atoms with Gasteiger partial charge in [0.2, 0.25) is 6.41 Å². The van der Waals surface area contributed by atoms with Gasteiger partial charge in [0.1, 0.15) is 0 Å². The molecule has 0 atom stereocenters. The molecule has 1 N–H and O–H groups in total. The maximum atomic E-state index is 9.92. The van der Waals surface area contributed by atoms with E-state index in [4.69, 9.17) is 0 Å². The number of amides is 1. The summed E-state index contributed by atoms with van der Waals surface area (Å²) in [5.41, 5.74) is 0.632. The van der Waals surface area contributed by atoms with E-state index in [0.29, 0.717) is 12.1 Å². The summed E-state index contributed by atoms with van der Waals surface area (Å²) in [4.78, 5) is 13.4. The zero-order valence-electron chi connectivity index (χ0n) is 5.87. The third kappa shape index (κ3) is 3.60. The third-order valence-corrected chi connectivity index (χ3v) is 0.802. The quantitative estimate of drug-likeness (QED) is 0.349. The van der Waals surface area contributed by atoms with Gasteiger partial charge in [0.15, 0.2) is 0 Å². The Morgan fingerprint density at radius 1 is 1.70 bits per heavy atom. The Kier molecular flexibility index (Phi) is 4.96. The Hall–Kier alpha value is -1.38. The molecular formula is C7H10N2O. The highest BCUT2D eigenvalue weighted by atomic mass is 16.1. The molecule has 0 aromatic heterocycles. The normalized spacial score (nSPS) is 11.5. The molecule has 0 spiro atoms. The van der Waals surface area contributed by atoms with Crippen molar-refractivity contribution < 1.29 is 4.79 Å². The molecule has 10 heavy (non-hydrogen) atoms. The Morgan fingerprint density at radius 2 is 2.40 bits per heavy atom. The van der Waals surface area contributed by atoms with Crippen molar-refractivity contribution in [1.82, 2.24) is 5.32 Å². The first kappa shape index (κ1) is 8.62. The van der Waals surface area contributed by atoms with Gasteiger partial charge in [-0.1, -0.05) is 6.08 Å². The van der Waals surface area contributed by atoms with Crippen molar-refractivity contribution in [1.29, 1.82) is 0 Å². The molecule has 54 valence electrons. The summed E-state index contributed by atoms with van der Waals surface area (Å²) in [6.45, 7) is 5.10. The van der Waals surface area contributed by atoms with Crippen molar-refractivity contribution >= 4 is 13.1 Å². The smallest absolute Gasteiger partial charge is 0.211 e. The average molecular weight is 138 g/mol. The summed E-state index contributed by atoms with van der Waals surface area (Å²) >= 11 is 0. The molecule has 0 bridgehead atoms. The molecule has 0 aliphatic carbocycles. The molecule has 0 heterocycles. The number of aliphatic imine (C=N–C) groups is 1. The van der Waals surface area contributed by atoms with Gasteiger partial charge in [0.25, 0.3) is 0 Å². The van der Waals surface area contributed by atoms with E-state index < -0.39 is 0 Å². The third-order valence-electron chi connectivity index (χ3n) is 0.802. The topological polar surface area (TPSA) is 41.5 Å². The molecule has 0 radical (unpaired) electrons. The first-order valence-corrected chi connectivity index (χ1v) is 2.84. The van der Waals surface area contributed by atoms with Crippen LogP contribution in [0.3, 0.4) is 0 Å². The summed E-state index contributed by atoms with van der Waals surface area (Å²) in [5.74, 6) is 0. The molecule has 0 aliphatic rings. The van der Waals surface area contributed by atoms with Crippen LogP contribution in [0.5, 0.6) is 0 Å². The molecule has 1 amide bonds. The number of nitrogens with zero attached hydrogens (tertiary/aromatic N) is 1. The molecule has 0 saturated heterocycles. The van der Waals surface area contributed by atoms with E-state index in [1.165, 1.54) is 6.20 Å². The van der Waals surface area contributed by atoms with Gasteiger partial charge in [-0.3, -0.25) is 9.79 Å². The minimum Gasteiger partial charge on any atom is -0.327 e. The Balaban J connectivity index is 4.09. The van der Waals surface area contributed by atoms with E-state index in [1.807, 2.05) is 6.92 Å². The maximum Gasteiger partial charge on any atom is 0.211 e. The van der Waals surface area contributed by atoms with E-state index in [0.717, 1.165) is 0 Å². The zero-order valence-corrected chi connectivity index (χ0v) is 5.87. The molecule has 0 aliphatic heterocycles. The van der Waals surface area contributed by atoms with Crippen LogP contribution in [0.2, 0.25) is 0 Å². The molecule has 0 saturated carbocycles. The van der Waals surface area contributed by atoms with Crippen LogP contribution in [0, 0.1) is 0 Å². The second kappa shape index (κ2) is 5.75. The van der Waals surface area contributed by atoms with Gasteiger partial charge in [-0.05, 0) is 19.7 Å². The zero-order chi connectivity index (χ0) is 7.82. The Bertz CT molecular complexity index is 170. The monoisotopic (exact) mass is 138 g/mol. The highest BCUT2D eigenvalue weighted by Crippen LogP contribution is 1.89. The van der Waals surface area contributed by atoms with Gasteiger partial charge in [-0.25, -0.2) is 0 Å². The van der Waals surface area contributed by atoms with E-state index in [2.05, 4.69) is 17.0 Å². The molecule has 0 aromatic rings. The first-order valence-electron chi connectivity index (χ1n) is 2.84. The number of allylic oxidation sites excluding steroid dienone is 2. The second-order valence-corrected chi connectivity index (χ2v) is 1.53. The first-order chi connectivity index (χ1) is 4.85. The van der Waals surface area contributed by atoms with E-state index >= 15 is 0 Å². The fraction of sp³-hybridized carbons (Fsp3) is 0.143. The predicted molar refractivity (Wildman–Crippen MR) is 41.6 cm³/mol. The van der Waals surface area contributed by atoms with Crippen molar-refractivity contribution in [2.45, 2.75) is 6.92 Å². The van der Waals surface area contributed by atoms with Crippen LogP contribution in [-0.2, 0) is 4.79 Å². The van der Waals surface area contributed by atoms with Crippen LogP contribution in [0.4, 0.5) is 0 Å². The SMILES string of the molecule is C=N/C=C(\C=C/C)NC=O. The van der Waals surface area contributed by atoms with Crippen LogP contribution >= 0.6 is 0 Å². The molecule has 3 nitrogen and oxygen atoms in total. The summed E-state index contributed by atoms with van der Waals surface area (Å²) in [7, 11) is 0. The van der Waals surface area contributed by atoms with Crippen molar-refractivity contribution in [2.75, 3.05) is 0 Å². The van der Waals surface area contributed by atoms with E-state index in [-0.39, 0.29) is 0 Å². The number of carbonyl (C=O) groups is 1. The molecular weight excluding hydrogens is 128 g/mol. The minimum atomic E-state index is 0.594. The lowest BCUT2D eigenvalue weighted by atomic mass is 10.4. The Morgan fingerprint density at radius 3 is 2.80 bits per heavy atom. The van der Waals surface area contributed by atoms with Crippen molar-refractivity contribution in [3.05, 3.63) is 24.0 Å². The lowest BCUT2D eigenvalue weighted by molar-refractivity contribution is -0.108. The number of hydrogen-bond acceptors (Lipinski definition) is 2. The second-order valence-electron chi connectivity index (χ2n) is 1.53. The molecule has 0 fully saturated rings. The van der Waals surface area contributed by atoms with Crippen LogP contribution in [0.15, 0.2) is 29.0 Å². The standard InChI is InChI=1S/C7H10N2O/c1-3-4-7(5-8-2)9-6-10/h3-6H,2H2,1H3,(H,9,10)/b4-3-,7-5+. The number of carbonyl (C=O) groups excluding carboxylic acids is 1. The largest absolute Gasteiger partial charge is 0.327 e. The summed E-state index contributed by atoms with van der Waals surface area (Å²) in [5, 5.41) is 2.44. The van der Waals surface area contributed by atoms with Gasteiger partial charge in [0, 0.05) is 6.20 Å². The number of nitrogens with one attached hydrogen (secondary N) is 1. The van der Waals surface area contributed by atoms with Crippen molar-refractivity contribution in [3.63, 3.8) is 0 Å². The van der Waals surface area contributed by atoms with Crippen molar-refractivity contribution in [2.24, 2.45) is 4.99 Å². The minimum absolute atomic E-state index is 0.594. The highest BCUT2D eigenvalue weighted by molar-refractivity contribution is 5.51. The maximum absolute atomic E-state index is 9.92. The fourth-order valence-electron chi connectivity index (χ4n) is 0.474. The average Bonchev–Trinajstić information content (AvgIpc) is 1.90. The number of hydrogen-bond donors (Lipinski definition) is 1. The van der Waals surface area contributed by atoms with Crippen LogP contribution < -0.4 is 5.32 Å². The Labute approximate surface area is 60.2 Å². The fourth-order valence-corrected chi connectivity index (χ4v) is 0.474. The molecule has 0 rings (SSSR count). The molecule has 0 unspecified atom stereocenters. The van der Waals surface area contributed by atoms with Gasteiger partial charge in [-0.15, -0.1) is 0 Å². The summed E-state index contributed by atoms with van der Waals surface area (Å²) < 4.78 is 0. The molecule has 3 heteroatoms. The van der Waals surface area contributed by atoms with Gasteiger partial charge < -0.3 is 5.32 Å². The lowest BCUT2D eigenvalue weighted by Crippen LogP contribution is -2.07. The van der Waals surface area contributed by atoms with Gasteiger partial charge in [-0.2, -0.15) is 0 Å².